The van der Waals surface area contributed by atoms with Gasteiger partial charge >= 0.3 is 0 Å². The van der Waals surface area contributed by atoms with Crippen LogP contribution in [0.3, 0.4) is 0 Å². The molecule has 0 bridgehead atoms. The average molecular weight is 414 g/mol. The summed E-state index contributed by atoms with van der Waals surface area (Å²) in [5.74, 6) is 0.238. The zero-order valence-corrected chi connectivity index (χ0v) is 17.7. The number of nitrogens with zero attached hydrogens (tertiary/aromatic N) is 1. The van der Waals surface area contributed by atoms with Crippen molar-refractivity contribution in [1.29, 1.82) is 0 Å². The fourth-order valence-electron chi connectivity index (χ4n) is 3.15. The van der Waals surface area contributed by atoms with E-state index in [0.29, 0.717) is 0 Å². The van der Waals surface area contributed by atoms with Crippen LogP contribution in [0.15, 0.2) is 42.5 Å². The monoisotopic (exact) mass is 413 g/mol. The molecule has 2 N–H and O–H groups in total. The number of thioether (sulfide) groups is 1. The smallest absolute Gasteiger partial charge is 0.234 e. The van der Waals surface area contributed by atoms with Crippen molar-refractivity contribution in [3.63, 3.8) is 0 Å². The molecule has 0 atom stereocenters. The van der Waals surface area contributed by atoms with Crippen molar-refractivity contribution < 1.29 is 14.3 Å². The predicted octanol–water partition coefficient (Wildman–Crippen LogP) is 3.45. The van der Waals surface area contributed by atoms with Gasteiger partial charge in [0.15, 0.2) is 0 Å². The molecule has 1 fully saturated rings. The Morgan fingerprint density at radius 3 is 2.41 bits per heavy atom. The number of carbonyl (C=O) groups is 2. The van der Waals surface area contributed by atoms with Gasteiger partial charge in [0.25, 0.3) is 0 Å². The summed E-state index contributed by atoms with van der Waals surface area (Å²) in [7, 11) is 0. The molecule has 1 aliphatic rings. The third-order valence-corrected chi connectivity index (χ3v) is 5.56. The highest BCUT2D eigenvalue weighted by atomic mass is 32.2. The van der Waals surface area contributed by atoms with E-state index in [4.69, 9.17) is 4.74 Å². The van der Waals surface area contributed by atoms with Gasteiger partial charge in [0.2, 0.25) is 11.8 Å². The molecule has 2 aromatic carbocycles. The molecule has 7 heteroatoms. The van der Waals surface area contributed by atoms with Gasteiger partial charge in [-0.15, -0.1) is 11.8 Å². The SMILES string of the molecule is Cc1cccc(NC(=O)CSCC(=O)Nc2ccc(N3CCOCC3)cc2C)c1. The summed E-state index contributed by atoms with van der Waals surface area (Å²) in [4.78, 5) is 26.6. The summed E-state index contributed by atoms with van der Waals surface area (Å²) in [5.41, 5.74) is 4.83. The number of carbonyl (C=O) groups excluding carboxylic acids is 2. The highest BCUT2D eigenvalue weighted by Gasteiger charge is 2.13. The van der Waals surface area contributed by atoms with Gasteiger partial charge in [-0.1, -0.05) is 12.1 Å². The number of nitrogens with one attached hydrogen (secondary N) is 2. The normalized spacial score (nSPS) is 13.8. The first-order valence-corrected chi connectivity index (χ1v) is 10.8. The predicted molar refractivity (Wildman–Crippen MR) is 120 cm³/mol. The number of hydrogen-bond acceptors (Lipinski definition) is 5. The van der Waals surface area contributed by atoms with Crippen molar-refractivity contribution >= 4 is 40.6 Å². The molecule has 1 heterocycles. The van der Waals surface area contributed by atoms with Gasteiger partial charge in [-0.3, -0.25) is 9.59 Å². The highest BCUT2D eigenvalue weighted by molar-refractivity contribution is 8.00. The average Bonchev–Trinajstić information content (AvgIpc) is 2.70. The van der Waals surface area contributed by atoms with Crippen LogP contribution in [-0.4, -0.2) is 49.6 Å². The Kier molecular flexibility index (Phi) is 7.55. The summed E-state index contributed by atoms with van der Waals surface area (Å²) in [6.45, 7) is 7.21. The lowest BCUT2D eigenvalue weighted by Gasteiger charge is -2.29. The van der Waals surface area contributed by atoms with E-state index in [1.165, 1.54) is 11.8 Å². The summed E-state index contributed by atoms with van der Waals surface area (Å²) >= 11 is 1.30. The van der Waals surface area contributed by atoms with Crippen molar-refractivity contribution in [2.75, 3.05) is 53.3 Å². The van der Waals surface area contributed by atoms with Crippen LogP contribution in [0, 0.1) is 13.8 Å². The molecular formula is C22H27N3O3S. The van der Waals surface area contributed by atoms with Gasteiger partial charge in [-0.05, 0) is 55.3 Å². The second kappa shape index (κ2) is 10.3. The lowest BCUT2D eigenvalue weighted by Crippen LogP contribution is -2.36. The van der Waals surface area contributed by atoms with Gasteiger partial charge in [0.05, 0.1) is 24.7 Å². The van der Waals surface area contributed by atoms with E-state index in [2.05, 4.69) is 21.6 Å². The molecule has 2 aromatic rings. The molecule has 0 aliphatic carbocycles. The number of anilines is 3. The Morgan fingerprint density at radius 1 is 1.00 bits per heavy atom. The Morgan fingerprint density at radius 2 is 1.72 bits per heavy atom. The van der Waals surface area contributed by atoms with E-state index in [1.54, 1.807) is 0 Å². The minimum absolute atomic E-state index is 0.111. The van der Waals surface area contributed by atoms with Gasteiger partial charge in [0, 0.05) is 30.2 Å². The second-order valence-corrected chi connectivity index (χ2v) is 8.04. The van der Waals surface area contributed by atoms with Crippen LogP contribution >= 0.6 is 11.8 Å². The number of aryl methyl sites for hydroxylation is 2. The van der Waals surface area contributed by atoms with Crippen molar-refractivity contribution in [3.05, 3.63) is 53.6 Å². The Hall–Kier alpha value is -2.51. The van der Waals surface area contributed by atoms with Gasteiger partial charge in [0.1, 0.15) is 0 Å². The summed E-state index contributed by atoms with van der Waals surface area (Å²) in [6.07, 6.45) is 0. The maximum atomic E-state index is 12.2. The van der Waals surface area contributed by atoms with Crippen LogP contribution in [0.4, 0.5) is 17.1 Å². The number of amides is 2. The van der Waals surface area contributed by atoms with E-state index < -0.39 is 0 Å². The molecule has 6 nitrogen and oxygen atoms in total. The molecule has 1 saturated heterocycles. The quantitative estimate of drug-likeness (QED) is 0.728. The molecule has 0 unspecified atom stereocenters. The number of hydrogen-bond donors (Lipinski definition) is 2. The number of ether oxygens (including phenoxy) is 1. The van der Waals surface area contributed by atoms with Crippen LogP contribution in [0.1, 0.15) is 11.1 Å². The molecule has 29 heavy (non-hydrogen) atoms. The first-order chi connectivity index (χ1) is 14.0. The van der Waals surface area contributed by atoms with E-state index >= 15 is 0 Å². The topological polar surface area (TPSA) is 70.7 Å². The lowest BCUT2D eigenvalue weighted by molar-refractivity contribution is -0.114. The maximum Gasteiger partial charge on any atom is 0.234 e. The Labute approximate surface area is 176 Å². The minimum Gasteiger partial charge on any atom is -0.378 e. The van der Waals surface area contributed by atoms with Crippen molar-refractivity contribution in [3.8, 4) is 0 Å². The largest absolute Gasteiger partial charge is 0.378 e. The molecule has 2 amide bonds. The standard InChI is InChI=1S/C22H27N3O3S/c1-16-4-3-5-18(12-16)23-21(26)14-29-15-22(27)24-20-7-6-19(13-17(20)2)25-8-10-28-11-9-25/h3-7,12-13H,8-11,14-15H2,1-2H3,(H,23,26)(H,24,27). The molecule has 0 radical (unpaired) electrons. The maximum absolute atomic E-state index is 12.2. The minimum atomic E-state index is -0.112. The molecule has 1 aliphatic heterocycles. The fourth-order valence-corrected chi connectivity index (χ4v) is 3.77. The van der Waals surface area contributed by atoms with E-state index in [1.807, 2.05) is 50.2 Å². The molecule has 154 valence electrons. The second-order valence-electron chi connectivity index (χ2n) is 7.06. The van der Waals surface area contributed by atoms with Crippen LogP contribution in [0.2, 0.25) is 0 Å². The van der Waals surface area contributed by atoms with Gasteiger partial charge in [-0.2, -0.15) is 0 Å². The number of rotatable bonds is 7. The highest BCUT2D eigenvalue weighted by Crippen LogP contribution is 2.23. The zero-order chi connectivity index (χ0) is 20.6. The molecular weight excluding hydrogens is 386 g/mol. The van der Waals surface area contributed by atoms with Crippen LogP contribution < -0.4 is 15.5 Å². The summed E-state index contributed by atoms with van der Waals surface area (Å²) < 4.78 is 5.39. The van der Waals surface area contributed by atoms with Gasteiger partial charge in [-0.25, -0.2) is 0 Å². The first kappa shape index (κ1) is 21.2. The Balaban J connectivity index is 1.43. The van der Waals surface area contributed by atoms with Crippen LogP contribution in [0.5, 0.6) is 0 Å². The lowest BCUT2D eigenvalue weighted by atomic mass is 10.1. The fraction of sp³-hybridized carbons (Fsp3) is 0.364. The molecule has 3 rings (SSSR count). The summed E-state index contributed by atoms with van der Waals surface area (Å²) in [6, 6.07) is 13.7. The number of benzene rings is 2. The third-order valence-electron chi connectivity index (χ3n) is 4.63. The summed E-state index contributed by atoms with van der Waals surface area (Å²) in [5, 5.41) is 5.78. The third kappa shape index (κ3) is 6.51. The zero-order valence-electron chi connectivity index (χ0n) is 16.9. The van der Waals surface area contributed by atoms with Crippen LogP contribution in [0.25, 0.3) is 0 Å². The molecule has 0 aromatic heterocycles. The van der Waals surface area contributed by atoms with E-state index in [0.717, 1.165) is 54.5 Å². The van der Waals surface area contributed by atoms with Crippen LogP contribution in [-0.2, 0) is 14.3 Å². The first-order valence-electron chi connectivity index (χ1n) is 9.69. The van der Waals surface area contributed by atoms with Gasteiger partial charge < -0.3 is 20.3 Å². The van der Waals surface area contributed by atoms with Crippen molar-refractivity contribution in [2.45, 2.75) is 13.8 Å². The van der Waals surface area contributed by atoms with E-state index in [9.17, 15) is 9.59 Å². The number of morpholine rings is 1. The Bertz CT molecular complexity index is 866. The molecule has 0 spiro atoms. The van der Waals surface area contributed by atoms with E-state index in [-0.39, 0.29) is 23.3 Å². The van der Waals surface area contributed by atoms with Crippen molar-refractivity contribution in [2.24, 2.45) is 0 Å². The van der Waals surface area contributed by atoms with Crippen molar-refractivity contribution in [1.82, 2.24) is 0 Å². The molecule has 0 saturated carbocycles.